The summed E-state index contributed by atoms with van der Waals surface area (Å²) in [5, 5.41) is 37.5. The molecule has 9 heteroatoms. The van der Waals surface area contributed by atoms with Gasteiger partial charge in [0.05, 0.1) is 23.7 Å². The monoisotopic (exact) mass is 494 g/mol. The Labute approximate surface area is 202 Å². The van der Waals surface area contributed by atoms with Gasteiger partial charge in [-0.1, -0.05) is 44.4 Å². The summed E-state index contributed by atoms with van der Waals surface area (Å²) < 4.78 is 29.1. The third-order valence-corrected chi connectivity index (χ3v) is 6.65. The van der Waals surface area contributed by atoms with Gasteiger partial charge in [0.1, 0.15) is 5.75 Å². The lowest BCUT2D eigenvalue weighted by Crippen LogP contribution is -2.22. The Morgan fingerprint density at radius 2 is 1.76 bits per heavy atom. The van der Waals surface area contributed by atoms with Crippen LogP contribution in [0.3, 0.4) is 0 Å². The first-order valence-electron chi connectivity index (χ1n) is 11.8. The molecule has 0 bridgehead atoms. The van der Waals surface area contributed by atoms with Gasteiger partial charge >= 0.3 is 0 Å². The van der Waals surface area contributed by atoms with E-state index in [1.165, 1.54) is 12.1 Å². The van der Waals surface area contributed by atoms with Gasteiger partial charge < -0.3 is 25.4 Å². The zero-order chi connectivity index (χ0) is 25.0. The highest BCUT2D eigenvalue weighted by atomic mass is 32.2. The second-order valence-electron chi connectivity index (χ2n) is 8.42. The van der Waals surface area contributed by atoms with Crippen molar-refractivity contribution in [1.29, 1.82) is 0 Å². The number of unbranched alkanes of at least 4 members (excludes halogenated alkanes) is 4. The molecular formula is C25H38N2O6S. The molecule has 2 rings (SSSR count). The Morgan fingerprint density at radius 3 is 2.47 bits per heavy atom. The number of ether oxygens (including phenoxy) is 1. The lowest BCUT2D eigenvalue weighted by atomic mass is 10.1. The highest BCUT2D eigenvalue weighted by Gasteiger charge is 2.14. The van der Waals surface area contributed by atoms with E-state index in [2.05, 4.69) is 5.32 Å². The summed E-state index contributed by atoms with van der Waals surface area (Å²) in [5.41, 5.74) is 1.89. The zero-order valence-corrected chi connectivity index (χ0v) is 20.6. The first-order valence-corrected chi connectivity index (χ1v) is 13.4. The van der Waals surface area contributed by atoms with Crippen LogP contribution in [0.4, 0.5) is 0 Å². The van der Waals surface area contributed by atoms with E-state index >= 15 is 0 Å². The van der Waals surface area contributed by atoms with Gasteiger partial charge in [-0.2, -0.15) is 0 Å². The van der Waals surface area contributed by atoms with Gasteiger partial charge in [0.25, 0.3) is 0 Å². The normalized spacial score (nSPS) is 13.6. The Kier molecular flexibility index (Phi) is 12.0. The number of benzene rings is 2. The van der Waals surface area contributed by atoms with E-state index in [1.54, 1.807) is 24.3 Å². The van der Waals surface area contributed by atoms with Gasteiger partial charge in [-0.05, 0) is 61.2 Å². The van der Waals surface area contributed by atoms with Crippen molar-refractivity contribution in [3.05, 3.63) is 59.2 Å². The third-order valence-electron chi connectivity index (χ3n) is 5.74. The zero-order valence-electron chi connectivity index (χ0n) is 19.8. The van der Waals surface area contributed by atoms with E-state index < -0.39 is 16.1 Å². The highest BCUT2D eigenvalue weighted by Crippen LogP contribution is 2.24. The summed E-state index contributed by atoms with van der Waals surface area (Å²) in [4.78, 5) is 0.103. The lowest BCUT2D eigenvalue weighted by molar-refractivity contribution is 0.0471. The number of hydrogen-bond donors (Lipinski definition) is 5. The van der Waals surface area contributed by atoms with Crippen LogP contribution in [0.15, 0.2) is 47.4 Å². The minimum Gasteiger partial charge on any atom is -0.508 e. The number of primary sulfonamides is 1. The SMILES string of the molecule is CCC(OCCCCCCCNC[C@H](O)c1ccc(O)c(CO)c1)c1cccc(S(N)(=O)=O)c1. The Bertz CT molecular complexity index is 983. The molecule has 0 fully saturated rings. The fraction of sp³-hybridized carbons (Fsp3) is 0.520. The quantitative estimate of drug-likeness (QED) is 0.225. The maximum atomic E-state index is 11.6. The first kappa shape index (κ1) is 28.2. The van der Waals surface area contributed by atoms with Gasteiger partial charge in [-0.3, -0.25) is 0 Å². The second-order valence-corrected chi connectivity index (χ2v) is 9.98. The van der Waals surface area contributed by atoms with Gasteiger partial charge in [-0.15, -0.1) is 0 Å². The molecule has 0 radical (unpaired) electrons. The number of phenols is 1. The van der Waals surface area contributed by atoms with Crippen LogP contribution >= 0.6 is 0 Å². The molecule has 0 aliphatic rings. The summed E-state index contributed by atoms with van der Waals surface area (Å²) in [5.74, 6) is 0.0262. The van der Waals surface area contributed by atoms with E-state index in [0.717, 1.165) is 50.6 Å². The Hall–Kier alpha value is -2.01. The summed E-state index contributed by atoms with van der Waals surface area (Å²) in [6.07, 6.45) is 5.05. The average molecular weight is 495 g/mol. The van der Waals surface area contributed by atoms with Crippen molar-refractivity contribution < 1.29 is 28.5 Å². The molecule has 0 saturated carbocycles. The number of rotatable bonds is 16. The fourth-order valence-corrected chi connectivity index (χ4v) is 4.31. The molecule has 0 heterocycles. The van der Waals surface area contributed by atoms with Gasteiger partial charge in [0.2, 0.25) is 10.0 Å². The number of nitrogens with one attached hydrogen (secondary N) is 1. The maximum absolute atomic E-state index is 11.6. The number of aliphatic hydroxyl groups is 2. The van der Waals surface area contributed by atoms with Crippen LogP contribution < -0.4 is 10.5 Å². The van der Waals surface area contributed by atoms with Crippen LogP contribution in [0.2, 0.25) is 0 Å². The molecule has 190 valence electrons. The van der Waals surface area contributed by atoms with E-state index in [-0.39, 0.29) is 23.4 Å². The van der Waals surface area contributed by atoms with Crippen LogP contribution in [0, 0.1) is 0 Å². The van der Waals surface area contributed by atoms with Crippen LogP contribution in [0.1, 0.15) is 74.3 Å². The molecule has 0 amide bonds. The van der Waals surface area contributed by atoms with Crippen LogP contribution in [0.5, 0.6) is 5.75 Å². The van der Waals surface area contributed by atoms with Crippen molar-refractivity contribution in [3.63, 3.8) is 0 Å². The van der Waals surface area contributed by atoms with Gasteiger partial charge in [-0.25, -0.2) is 13.6 Å². The molecule has 0 aromatic heterocycles. The summed E-state index contributed by atoms with van der Waals surface area (Å²) in [6, 6.07) is 11.4. The molecule has 0 aliphatic heterocycles. The smallest absolute Gasteiger partial charge is 0.238 e. The predicted molar refractivity (Wildman–Crippen MR) is 132 cm³/mol. The molecule has 2 aromatic carbocycles. The van der Waals surface area contributed by atoms with E-state index in [9.17, 15) is 23.7 Å². The number of sulfonamides is 1. The van der Waals surface area contributed by atoms with Crippen molar-refractivity contribution in [1.82, 2.24) is 5.32 Å². The minimum atomic E-state index is -3.73. The molecule has 8 nitrogen and oxygen atoms in total. The molecule has 2 aromatic rings. The van der Waals surface area contributed by atoms with Crippen molar-refractivity contribution >= 4 is 10.0 Å². The molecule has 0 spiro atoms. The second kappa shape index (κ2) is 14.4. The largest absolute Gasteiger partial charge is 0.508 e. The van der Waals surface area contributed by atoms with Crippen molar-refractivity contribution in [2.24, 2.45) is 5.14 Å². The van der Waals surface area contributed by atoms with E-state index in [0.29, 0.717) is 24.3 Å². The Balaban J connectivity index is 1.57. The third kappa shape index (κ3) is 9.32. The molecule has 1 unspecified atom stereocenters. The molecule has 0 aliphatic carbocycles. The molecule has 0 saturated heterocycles. The summed E-state index contributed by atoms with van der Waals surface area (Å²) in [6.45, 7) is 3.57. The Morgan fingerprint density at radius 1 is 1.03 bits per heavy atom. The van der Waals surface area contributed by atoms with E-state index in [4.69, 9.17) is 9.88 Å². The van der Waals surface area contributed by atoms with Crippen molar-refractivity contribution in [3.8, 4) is 5.75 Å². The molecule has 6 N–H and O–H groups in total. The minimum absolute atomic E-state index is 0.0262. The number of aliphatic hydroxyl groups excluding tert-OH is 2. The maximum Gasteiger partial charge on any atom is 0.238 e. The highest BCUT2D eigenvalue weighted by molar-refractivity contribution is 7.89. The number of hydrogen-bond acceptors (Lipinski definition) is 7. The lowest BCUT2D eigenvalue weighted by Gasteiger charge is -2.17. The topological polar surface area (TPSA) is 142 Å². The van der Waals surface area contributed by atoms with Crippen LogP contribution in [-0.4, -0.2) is 43.4 Å². The van der Waals surface area contributed by atoms with E-state index in [1.807, 2.05) is 13.0 Å². The number of nitrogens with two attached hydrogens (primary N) is 1. The first-order chi connectivity index (χ1) is 16.3. The van der Waals surface area contributed by atoms with Crippen LogP contribution in [-0.2, 0) is 21.4 Å². The van der Waals surface area contributed by atoms with Crippen molar-refractivity contribution in [2.45, 2.75) is 69.2 Å². The number of aromatic hydroxyl groups is 1. The molecular weight excluding hydrogens is 456 g/mol. The molecule has 34 heavy (non-hydrogen) atoms. The fourth-order valence-electron chi connectivity index (χ4n) is 3.75. The van der Waals surface area contributed by atoms with Crippen molar-refractivity contribution in [2.75, 3.05) is 19.7 Å². The summed E-state index contributed by atoms with van der Waals surface area (Å²) >= 11 is 0. The molecule has 2 atom stereocenters. The standard InChI is InChI=1S/C25H38N2O6S/c1-2-25(20-9-8-10-22(16-20)34(26,31)32)33-14-7-5-3-4-6-13-27-17-24(30)19-11-12-23(29)21(15-19)18-28/h8-12,15-16,24-25,27-30H,2-7,13-14,17-18H2,1H3,(H2,26,31,32)/t24-,25?/m0/s1. The predicted octanol–water partition coefficient (Wildman–Crippen LogP) is 3.27. The average Bonchev–Trinajstić information content (AvgIpc) is 2.82. The van der Waals surface area contributed by atoms with Gasteiger partial charge in [0, 0.05) is 18.7 Å². The summed E-state index contributed by atoms with van der Waals surface area (Å²) in [7, 11) is -3.73. The van der Waals surface area contributed by atoms with Gasteiger partial charge in [0.15, 0.2) is 0 Å². The van der Waals surface area contributed by atoms with Crippen LogP contribution in [0.25, 0.3) is 0 Å².